The number of hydrogen-bond donors (Lipinski definition) is 1. The molecule has 88 valence electrons. The van der Waals surface area contributed by atoms with E-state index in [0.717, 1.165) is 17.5 Å². The lowest BCUT2D eigenvalue weighted by Crippen LogP contribution is -2.10. The second-order valence-corrected chi connectivity index (χ2v) is 5.73. The van der Waals surface area contributed by atoms with E-state index >= 15 is 0 Å². The standard InChI is InChI=1S/C11H18N4S/c1-12-6-7-16-11-14-13-10(8-2-3-8)15(11)9-4-5-9/h8-9,12H,2-7H2,1H3. The first kappa shape index (κ1) is 10.6. The first-order valence-corrected chi connectivity index (χ1v) is 7.11. The van der Waals surface area contributed by atoms with E-state index in [-0.39, 0.29) is 0 Å². The third-order valence-corrected chi connectivity index (χ3v) is 4.07. The number of rotatable bonds is 6. The third kappa shape index (κ3) is 2.11. The average Bonchev–Trinajstić information content (AvgIpc) is 3.19. The molecule has 16 heavy (non-hydrogen) atoms. The fraction of sp³-hybridized carbons (Fsp3) is 0.818. The summed E-state index contributed by atoms with van der Waals surface area (Å²) in [6.07, 6.45) is 5.26. The lowest BCUT2D eigenvalue weighted by atomic mass is 10.4. The lowest BCUT2D eigenvalue weighted by Gasteiger charge is -2.07. The molecule has 5 heteroatoms. The van der Waals surface area contributed by atoms with E-state index in [1.165, 1.54) is 31.5 Å². The van der Waals surface area contributed by atoms with Gasteiger partial charge < -0.3 is 9.88 Å². The zero-order valence-electron chi connectivity index (χ0n) is 9.65. The maximum absolute atomic E-state index is 4.39. The van der Waals surface area contributed by atoms with Gasteiger partial charge in [-0.05, 0) is 32.7 Å². The molecule has 2 aliphatic rings. The molecule has 0 spiro atoms. The van der Waals surface area contributed by atoms with Gasteiger partial charge in [0.15, 0.2) is 5.16 Å². The Labute approximate surface area is 100 Å². The molecule has 2 aliphatic carbocycles. The van der Waals surface area contributed by atoms with Crippen molar-refractivity contribution in [2.24, 2.45) is 0 Å². The van der Waals surface area contributed by atoms with Gasteiger partial charge in [0.25, 0.3) is 0 Å². The van der Waals surface area contributed by atoms with Crippen LogP contribution in [0.1, 0.15) is 43.5 Å². The van der Waals surface area contributed by atoms with Crippen LogP contribution in [0.25, 0.3) is 0 Å². The van der Waals surface area contributed by atoms with Gasteiger partial charge in [-0.15, -0.1) is 10.2 Å². The molecule has 0 aromatic carbocycles. The molecule has 0 amide bonds. The predicted octanol–water partition coefficient (Wildman–Crippen LogP) is 1.80. The van der Waals surface area contributed by atoms with E-state index in [4.69, 9.17) is 0 Å². The summed E-state index contributed by atoms with van der Waals surface area (Å²) in [4.78, 5) is 0. The molecule has 1 heterocycles. The number of nitrogens with zero attached hydrogens (tertiary/aromatic N) is 3. The highest BCUT2D eigenvalue weighted by Gasteiger charge is 2.36. The molecular formula is C11H18N4S. The van der Waals surface area contributed by atoms with Gasteiger partial charge in [-0.3, -0.25) is 0 Å². The lowest BCUT2D eigenvalue weighted by molar-refractivity contribution is 0.626. The third-order valence-electron chi connectivity index (χ3n) is 3.13. The molecule has 1 aromatic heterocycles. The Morgan fingerprint density at radius 3 is 2.75 bits per heavy atom. The van der Waals surface area contributed by atoms with Crippen LogP contribution in [0.3, 0.4) is 0 Å². The normalized spacial score (nSPS) is 20.3. The van der Waals surface area contributed by atoms with Gasteiger partial charge in [-0.2, -0.15) is 0 Å². The van der Waals surface area contributed by atoms with Crippen LogP contribution in [0.2, 0.25) is 0 Å². The van der Waals surface area contributed by atoms with Crippen LogP contribution in [0.15, 0.2) is 5.16 Å². The van der Waals surface area contributed by atoms with Crippen LogP contribution in [0.5, 0.6) is 0 Å². The predicted molar refractivity (Wildman–Crippen MR) is 64.9 cm³/mol. The van der Waals surface area contributed by atoms with Crippen molar-refractivity contribution in [1.82, 2.24) is 20.1 Å². The number of aromatic nitrogens is 3. The fourth-order valence-corrected chi connectivity index (χ4v) is 2.90. The summed E-state index contributed by atoms with van der Waals surface area (Å²) in [5.74, 6) is 3.05. The molecule has 0 bridgehead atoms. The van der Waals surface area contributed by atoms with E-state index in [1.54, 1.807) is 0 Å². The molecule has 0 unspecified atom stereocenters. The molecular weight excluding hydrogens is 220 g/mol. The average molecular weight is 238 g/mol. The van der Waals surface area contributed by atoms with Crippen molar-refractivity contribution < 1.29 is 0 Å². The Hall–Kier alpha value is -0.550. The summed E-state index contributed by atoms with van der Waals surface area (Å²) in [7, 11) is 1.99. The van der Waals surface area contributed by atoms with E-state index in [2.05, 4.69) is 20.1 Å². The second-order valence-electron chi connectivity index (χ2n) is 4.67. The van der Waals surface area contributed by atoms with Crippen molar-refractivity contribution in [3.63, 3.8) is 0 Å². The smallest absolute Gasteiger partial charge is 0.191 e. The number of hydrogen-bond acceptors (Lipinski definition) is 4. The van der Waals surface area contributed by atoms with Crippen molar-refractivity contribution in [2.75, 3.05) is 19.3 Å². The maximum Gasteiger partial charge on any atom is 0.191 e. The highest BCUT2D eigenvalue weighted by molar-refractivity contribution is 7.99. The summed E-state index contributed by atoms with van der Waals surface area (Å²) in [5.41, 5.74) is 0. The zero-order valence-corrected chi connectivity index (χ0v) is 10.5. The molecule has 1 aromatic rings. The minimum absolute atomic E-state index is 0.711. The maximum atomic E-state index is 4.39. The quantitative estimate of drug-likeness (QED) is 0.606. The van der Waals surface area contributed by atoms with Gasteiger partial charge in [-0.1, -0.05) is 11.8 Å². The molecule has 4 nitrogen and oxygen atoms in total. The molecule has 0 atom stereocenters. The molecule has 1 N–H and O–H groups in total. The van der Waals surface area contributed by atoms with Gasteiger partial charge >= 0.3 is 0 Å². The van der Waals surface area contributed by atoms with E-state index in [0.29, 0.717) is 12.0 Å². The molecule has 0 saturated heterocycles. The summed E-state index contributed by atoms with van der Waals surface area (Å²) in [6, 6.07) is 0.711. The van der Waals surface area contributed by atoms with Gasteiger partial charge in [0.2, 0.25) is 0 Å². The topological polar surface area (TPSA) is 42.7 Å². The Morgan fingerprint density at radius 1 is 1.31 bits per heavy atom. The zero-order chi connectivity index (χ0) is 11.0. The second kappa shape index (κ2) is 4.37. The Morgan fingerprint density at radius 2 is 2.12 bits per heavy atom. The number of nitrogens with one attached hydrogen (secondary N) is 1. The van der Waals surface area contributed by atoms with Crippen molar-refractivity contribution >= 4 is 11.8 Å². The van der Waals surface area contributed by atoms with Gasteiger partial charge in [-0.25, -0.2) is 0 Å². The molecule has 0 aliphatic heterocycles. The van der Waals surface area contributed by atoms with Crippen molar-refractivity contribution in [3.8, 4) is 0 Å². The van der Waals surface area contributed by atoms with Gasteiger partial charge in [0.1, 0.15) is 5.82 Å². The Kier molecular flexibility index (Phi) is 2.90. The fourth-order valence-electron chi connectivity index (χ4n) is 1.93. The molecule has 2 saturated carbocycles. The highest BCUT2D eigenvalue weighted by Crippen LogP contribution is 2.45. The van der Waals surface area contributed by atoms with Gasteiger partial charge in [0.05, 0.1) is 0 Å². The largest absolute Gasteiger partial charge is 0.319 e. The van der Waals surface area contributed by atoms with Crippen LogP contribution < -0.4 is 5.32 Å². The van der Waals surface area contributed by atoms with Crippen LogP contribution in [0, 0.1) is 0 Å². The molecule has 2 fully saturated rings. The minimum Gasteiger partial charge on any atom is -0.319 e. The van der Waals surface area contributed by atoms with Crippen molar-refractivity contribution in [2.45, 2.75) is 42.8 Å². The molecule has 0 radical (unpaired) electrons. The monoisotopic (exact) mass is 238 g/mol. The summed E-state index contributed by atoms with van der Waals surface area (Å²) in [5, 5.41) is 13.1. The van der Waals surface area contributed by atoms with Gasteiger partial charge in [0, 0.05) is 24.3 Å². The first-order chi connectivity index (χ1) is 7.90. The summed E-state index contributed by atoms with van der Waals surface area (Å²) < 4.78 is 2.41. The van der Waals surface area contributed by atoms with Crippen LogP contribution in [-0.4, -0.2) is 34.1 Å². The van der Waals surface area contributed by atoms with Crippen LogP contribution >= 0.6 is 11.8 Å². The highest BCUT2D eigenvalue weighted by atomic mass is 32.2. The Bertz CT molecular complexity index is 368. The van der Waals surface area contributed by atoms with E-state index in [9.17, 15) is 0 Å². The number of thioether (sulfide) groups is 1. The SMILES string of the molecule is CNCCSc1nnc(C2CC2)n1C1CC1. The van der Waals surface area contributed by atoms with Crippen molar-refractivity contribution in [1.29, 1.82) is 0 Å². The van der Waals surface area contributed by atoms with Crippen LogP contribution in [0.4, 0.5) is 0 Å². The van der Waals surface area contributed by atoms with Crippen LogP contribution in [-0.2, 0) is 0 Å². The van der Waals surface area contributed by atoms with E-state index < -0.39 is 0 Å². The minimum atomic E-state index is 0.711. The summed E-state index contributed by atoms with van der Waals surface area (Å²) >= 11 is 1.83. The summed E-state index contributed by atoms with van der Waals surface area (Å²) in [6.45, 7) is 1.03. The van der Waals surface area contributed by atoms with Crippen molar-refractivity contribution in [3.05, 3.63) is 5.82 Å². The Balaban J connectivity index is 1.75. The van der Waals surface area contributed by atoms with E-state index in [1.807, 2.05) is 18.8 Å². The first-order valence-electron chi connectivity index (χ1n) is 6.12. The molecule has 3 rings (SSSR count).